The minimum absolute atomic E-state index is 0.354. The smallest absolute Gasteiger partial charge is 0.0852 e. The van der Waals surface area contributed by atoms with Gasteiger partial charge in [0.05, 0.1) is 11.8 Å². The van der Waals surface area contributed by atoms with Crippen molar-refractivity contribution in [2.75, 3.05) is 39.3 Å². The third kappa shape index (κ3) is 6.03. The zero-order valence-electron chi connectivity index (χ0n) is 16.9. The van der Waals surface area contributed by atoms with Crippen LogP contribution in [0, 0.1) is 11.3 Å². The van der Waals surface area contributed by atoms with Gasteiger partial charge >= 0.3 is 0 Å². The van der Waals surface area contributed by atoms with E-state index in [2.05, 4.69) is 34.0 Å². The molecule has 0 spiro atoms. The van der Waals surface area contributed by atoms with Gasteiger partial charge in [0, 0.05) is 32.3 Å². The first-order valence-electron chi connectivity index (χ1n) is 10.4. The van der Waals surface area contributed by atoms with E-state index >= 15 is 0 Å². The van der Waals surface area contributed by atoms with E-state index in [0.717, 1.165) is 12.2 Å². The second-order valence-electron chi connectivity index (χ2n) is 9.35. The van der Waals surface area contributed by atoms with Crippen molar-refractivity contribution in [2.24, 2.45) is 11.3 Å². The van der Waals surface area contributed by atoms with Crippen LogP contribution in [0.4, 0.5) is 0 Å². The number of hydrogen-bond acceptors (Lipinski definition) is 5. The highest BCUT2D eigenvalue weighted by Crippen LogP contribution is 2.25. The van der Waals surface area contributed by atoms with E-state index in [-0.39, 0.29) is 6.10 Å². The maximum absolute atomic E-state index is 9.46. The highest BCUT2D eigenvalue weighted by Gasteiger charge is 2.28. The summed E-state index contributed by atoms with van der Waals surface area (Å²) in [5.41, 5.74) is 1.26. The van der Waals surface area contributed by atoms with Gasteiger partial charge in [0.1, 0.15) is 0 Å². The molecule has 2 aliphatic heterocycles. The average molecular weight is 364 g/mol. The molecule has 26 heavy (non-hydrogen) atoms. The molecule has 0 saturated carbocycles. The summed E-state index contributed by atoms with van der Waals surface area (Å²) in [6.07, 6.45) is 7.47. The Bertz CT molecular complexity index is 542. The lowest BCUT2D eigenvalue weighted by atomic mass is 9.89. The molecule has 6 heteroatoms. The number of aliphatic hydroxyl groups excluding tert-OH is 1. The van der Waals surface area contributed by atoms with Crippen LogP contribution in [0.25, 0.3) is 0 Å². The van der Waals surface area contributed by atoms with E-state index in [1.165, 1.54) is 65.0 Å². The molecule has 1 aromatic rings. The molecule has 0 amide bonds. The van der Waals surface area contributed by atoms with Crippen molar-refractivity contribution in [2.45, 2.75) is 65.5 Å². The lowest BCUT2D eigenvalue weighted by Gasteiger charge is -2.39. The standard InChI is InChI=1S/C20H37N5O/c1-17(26)12-19-14-25(22-21-19)13-18-6-10-24(11-7-18)16-20(2,3)15-23-8-4-5-9-23/h14,17-18,26H,4-13,15-16H2,1-3H3. The van der Waals surface area contributed by atoms with Crippen LogP contribution in [0.15, 0.2) is 6.20 Å². The number of aromatic nitrogens is 3. The monoisotopic (exact) mass is 363 g/mol. The van der Waals surface area contributed by atoms with Crippen molar-refractivity contribution in [3.63, 3.8) is 0 Å². The van der Waals surface area contributed by atoms with Gasteiger partial charge in [-0.2, -0.15) is 0 Å². The van der Waals surface area contributed by atoms with Gasteiger partial charge in [-0.05, 0) is 70.1 Å². The molecule has 1 atom stereocenters. The van der Waals surface area contributed by atoms with E-state index in [1.807, 2.05) is 10.9 Å². The van der Waals surface area contributed by atoms with Crippen LogP contribution >= 0.6 is 0 Å². The molecule has 6 nitrogen and oxygen atoms in total. The molecular formula is C20H37N5O. The zero-order chi connectivity index (χ0) is 18.6. The Morgan fingerprint density at radius 2 is 1.73 bits per heavy atom. The van der Waals surface area contributed by atoms with E-state index < -0.39 is 0 Å². The number of aliphatic hydroxyl groups is 1. The van der Waals surface area contributed by atoms with Gasteiger partial charge < -0.3 is 14.9 Å². The van der Waals surface area contributed by atoms with Crippen LogP contribution in [0.5, 0.6) is 0 Å². The fourth-order valence-corrected chi connectivity index (χ4v) is 4.62. The molecule has 2 saturated heterocycles. The van der Waals surface area contributed by atoms with Gasteiger partial charge in [0.15, 0.2) is 0 Å². The molecule has 0 aliphatic carbocycles. The van der Waals surface area contributed by atoms with Crippen LogP contribution < -0.4 is 0 Å². The number of nitrogens with zero attached hydrogens (tertiary/aromatic N) is 5. The highest BCUT2D eigenvalue weighted by molar-refractivity contribution is 4.94. The van der Waals surface area contributed by atoms with Crippen molar-refractivity contribution in [3.05, 3.63) is 11.9 Å². The van der Waals surface area contributed by atoms with Crippen molar-refractivity contribution >= 4 is 0 Å². The summed E-state index contributed by atoms with van der Waals surface area (Å²) in [7, 11) is 0. The van der Waals surface area contributed by atoms with Crippen molar-refractivity contribution < 1.29 is 5.11 Å². The average Bonchev–Trinajstić information content (AvgIpc) is 3.20. The summed E-state index contributed by atoms with van der Waals surface area (Å²) in [6.45, 7) is 15.0. The van der Waals surface area contributed by atoms with Gasteiger partial charge in [-0.3, -0.25) is 4.68 Å². The fourth-order valence-electron chi connectivity index (χ4n) is 4.62. The highest BCUT2D eigenvalue weighted by atomic mass is 16.3. The zero-order valence-corrected chi connectivity index (χ0v) is 16.9. The van der Waals surface area contributed by atoms with E-state index in [9.17, 15) is 5.11 Å². The maximum atomic E-state index is 9.46. The Hall–Kier alpha value is -0.980. The quantitative estimate of drug-likeness (QED) is 0.766. The molecule has 2 aliphatic rings. The second-order valence-corrected chi connectivity index (χ2v) is 9.35. The van der Waals surface area contributed by atoms with Crippen molar-refractivity contribution in [3.8, 4) is 0 Å². The Morgan fingerprint density at radius 3 is 2.35 bits per heavy atom. The van der Waals surface area contributed by atoms with Gasteiger partial charge in [-0.1, -0.05) is 19.1 Å². The fraction of sp³-hybridized carbons (Fsp3) is 0.900. The van der Waals surface area contributed by atoms with Gasteiger partial charge in [0.25, 0.3) is 0 Å². The molecule has 0 bridgehead atoms. The van der Waals surface area contributed by atoms with Crippen LogP contribution in [0.2, 0.25) is 0 Å². The third-order valence-electron chi connectivity index (χ3n) is 5.75. The number of rotatable bonds is 8. The largest absolute Gasteiger partial charge is 0.393 e. The van der Waals surface area contributed by atoms with Gasteiger partial charge in [-0.25, -0.2) is 0 Å². The lowest BCUT2D eigenvalue weighted by Crippen LogP contribution is -2.44. The first-order valence-corrected chi connectivity index (χ1v) is 10.4. The van der Waals surface area contributed by atoms with E-state index in [0.29, 0.717) is 17.8 Å². The maximum Gasteiger partial charge on any atom is 0.0852 e. The lowest BCUT2D eigenvalue weighted by molar-refractivity contribution is 0.0980. The molecule has 1 N–H and O–H groups in total. The summed E-state index contributed by atoms with van der Waals surface area (Å²) in [4.78, 5) is 5.30. The molecular weight excluding hydrogens is 326 g/mol. The first-order chi connectivity index (χ1) is 12.4. The normalized spacial score (nSPS) is 22.2. The van der Waals surface area contributed by atoms with Gasteiger partial charge in [0.2, 0.25) is 0 Å². The minimum atomic E-state index is -0.354. The molecule has 3 rings (SSSR count). The topological polar surface area (TPSA) is 57.4 Å². The van der Waals surface area contributed by atoms with Crippen LogP contribution in [-0.4, -0.2) is 75.3 Å². The number of likely N-dealkylation sites (tertiary alicyclic amines) is 2. The Labute approximate surface area is 158 Å². The summed E-state index contributed by atoms with van der Waals surface area (Å²) < 4.78 is 1.97. The Morgan fingerprint density at radius 1 is 1.12 bits per heavy atom. The minimum Gasteiger partial charge on any atom is -0.393 e. The predicted molar refractivity (Wildman–Crippen MR) is 104 cm³/mol. The number of hydrogen-bond donors (Lipinski definition) is 1. The third-order valence-corrected chi connectivity index (χ3v) is 5.75. The van der Waals surface area contributed by atoms with Crippen LogP contribution in [-0.2, 0) is 13.0 Å². The summed E-state index contributed by atoms with van der Waals surface area (Å²) in [5.74, 6) is 0.689. The van der Waals surface area contributed by atoms with E-state index in [4.69, 9.17) is 0 Å². The molecule has 3 heterocycles. The first kappa shape index (κ1) is 19.8. The molecule has 0 radical (unpaired) electrons. The molecule has 148 valence electrons. The summed E-state index contributed by atoms with van der Waals surface area (Å²) in [6, 6.07) is 0. The molecule has 1 aromatic heterocycles. The molecule has 1 unspecified atom stereocenters. The van der Waals surface area contributed by atoms with Crippen molar-refractivity contribution in [1.29, 1.82) is 0 Å². The van der Waals surface area contributed by atoms with Crippen LogP contribution in [0.1, 0.15) is 52.1 Å². The Balaban J connectivity index is 1.40. The SMILES string of the molecule is CC(O)Cc1cn(CC2CCN(CC(C)(C)CN3CCCC3)CC2)nn1. The van der Waals surface area contributed by atoms with Crippen molar-refractivity contribution in [1.82, 2.24) is 24.8 Å². The molecule has 0 aromatic carbocycles. The second kappa shape index (κ2) is 8.81. The summed E-state index contributed by atoms with van der Waals surface area (Å²) in [5, 5.41) is 17.9. The van der Waals surface area contributed by atoms with Crippen LogP contribution in [0.3, 0.4) is 0 Å². The Kier molecular flexibility index (Phi) is 6.70. The number of piperidine rings is 1. The molecule has 2 fully saturated rings. The van der Waals surface area contributed by atoms with Gasteiger partial charge in [-0.15, -0.1) is 5.10 Å². The summed E-state index contributed by atoms with van der Waals surface area (Å²) >= 11 is 0. The predicted octanol–water partition coefficient (Wildman–Crippen LogP) is 2.04. The van der Waals surface area contributed by atoms with E-state index in [1.54, 1.807) is 6.92 Å².